The Hall–Kier alpha value is -2.44. The maximum Gasteiger partial charge on any atom is 0.271 e. The van der Waals surface area contributed by atoms with E-state index in [1.165, 1.54) is 5.56 Å². The largest absolute Gasteiger partial charge is 0.336 e. The quantitative estimate of drug-likeness (QED) is 0.731. The third-order valence-electron chi connectivity index (χ3n) is 5.21. The highest BCUT2D eigenvalue weighted by Crippen LogP contribution is 2.22. The monoisotopic (exact) mass is 380 g/mol. The van der Waals surface area contributed by atoms with Crippen LogP contribution in [0.1, 0.15) is 28.9 Å². The molecule has 0 radical (unpaired) electrons. The summed E-state index contributed by atoms with van der Waals surface area (Å²) < 4.78 is 0. The zero-order valence-electron chi connectivity index (χ0n) is 15.5. The second-order valence-electron chi connectivity index (χ2n) is 7.13. The number of H-pyrrole nitrogens is 1. The third kappa shape index (κ3) is 4.12. The van der Waals surface area contributed by atoms with Gasteiger partial charge in [-0.1, -0.05) is 30.3 Å². The Morgan fingerprint density at radius 2 is 2.19 bits per heavy atom. The summed E-state index contributed by atoms with van der Waals surface area (Å²) in [6.07, 6.45) is 2.15. The number of nitrogens with one attached hydrogen (secondary N) is 1. The molecule has 2 aromatic heterocycles. The van der Waals surface area contributed by atoms with Gasteiger partial charge in [0, 0.05) is 36.6 Å². The average Bonchev–Trinajstić information content (AvgIpc) is 3.40. The van der Waals surface area contributed by atoms with Gasteiger partial charge in [-0.05, 0) is 43.0 Å². The van der Waals surface area contributed by atoms with Gasteiger partial charge < -0.3 is 4.90 Å². The summed E-state index contributed by atoms with van der Waals surface area (Å²) in [6, 6.07) is 14.7. The molecule has 6 heteroatoms. The van der Waals surface area contributed by atoms with Crippen LogP contribution in [0, 0.1) is 0 Å². The van der Waals surface area contributed by atoms with Crippen LogP contribution in [0.3, 0.4) is 0 Å². The number of carbonyl (C=O) groups is 1. The smallest absolute Gasteiger partial charge is 0.271 e. The molecule has 1 saturated heterocycles. The fraction of sp³-hybridized carbons (Fsp3) is 0.333. The number of likely N-dealkylation sites (N-methyl/N-ethyl adjacent to an activating group) is 1. The minimum absolute atomic E-state index is 0.0433. The van der Waals surface area contributed by atoms with Crippen molar-refractivity contribution in [1.29, 1.82) is 0 Å². The number of hydrogen-bond acceptors (Lipinski definition) is 4. The SMILES string of the molecule is CN(Cc1ccccc1)C1CCCN(C(=O)c2cc(-c3ccsc3)n[nH]2)C1. The van der Waals surface area contributed by atoms with Gasteiger partial charge in [-0.2, -0.15) is 16.4 Å². The van der Waals surface area contributed by atoms with Gasteiger partial charge in [0.25, 0.3) is 5.91 Å². The molecule has 0 saturated carbocycles. The van der Waals surface area contributed by atoms with Gasteiger partial charge in [0.1, 0.15) is 5.69 Å². The third-order valence-corrected chi connectivity index (χ3v) is 5.89. The number of hydrogen-bond donors (Lipinski definition) is 1. The molecule has 3 heterocycles. The second-order valence-corrected chi connectivity index (χ2v) is 7.91. The van der Waals surface area contributed by atoms with E-state index in [1.807, 2.05) is 33.9 Å². The Morgan fingerprint density at radius 3 is 2.96 bits per heavy atom. The molecule has 0 bridgehead atoms. The molecule has 0 aliphatic carbocycles. The van der Waals surface area contributed by atoms with Crippen LogP contribution < -0.4 is 0 Å². The first-order chi connectivity index (χ1) is 13.2. The van der Waals surface area contributed by atoms with Gasteiger partial charge in [0.15, 0.2) is 0 Å². The molecule has 0 spiro atoms. The van der Waals surface area contributed by atoms with Crippen LogP contribution in [0.4, 0.5) is 0 Å². The molecule has 1 unspecified atom stereocenters. The van der Waals surface area contributed by atoms with Crippen molar-refractivity contribution >= 4 is 17.2 Å². The number of amides is 1. The summed E-state index contributed by atoms with van der Waals surface area (Å²) in [7, 11) is 2.15. The highest BCUT2D eigenvalue weighted by molar-refractivity contribution is 7.08. The molecule has 1 N–H and O–H groups in total. The van der Waals surface area contributed by atoms with E-state index in [0.717, 1.165) is 43.7 Å². The average molecular weight is 381 g/mol. The van der Waals surface area contributed by atoms with E-state index in [2.05, 4.69) is 46.4 Å². The van der Waals surface area contributed by atoms with Crippen LogP contribution in [0.2, 0.25) is 0 Å². The summed E-state index contributed by atoms with van der Waals surface area (Å²) in [5, 5.41) is 11.3. The molecule has 4 rings (SSSR count). The Balaban J connectivity index is 1.41. The maximum atomic E-state index is 12.9. The van der Waals surface area contributed by atoms with Crippen LogP contribution in [0.25, 0.3) is 11.3 Å². The van der Waals surface area contributed by atoms with Crippen LogP contribution >= 0.6 is 11.3 Å². The number of aromatic amines is 1. The lowest BCUT2D eigenvalue weighted by molar-refractivity contribution is 0.0596. The highest BCUT2D eigenvalue weighted by atomic mass is 32.1. The Labute approximate surface area is 163 Å². The lowest BCUT2D eigenvalue weighted by Gasteiger charge is -2.37. The van der Waals surface area contributed by atoms with Crippen molar-refractivity contribution in [3.8, 4) is 11.3 Å². The lowest BCUT2D eigenvalue weighted by atomic mass is 10.0. The molecule has 5 nitrogen and oxygen atoms in total. The topological polar surface area (TPSA) is 52.2 Å². The van der Waals surface area contributed by atoms with E-state index in [0.29, 0.717) is 11.7 Å². The molecule has 1 amide bonds. The van der Waals surface area contributed by atoms with Gasteiger partial charge in [0.05, 0.1) is 5.69 Å². The number of carbonyl (C=O) groups excluding carboxylic acids is 1. The number of aromatic nitrogens is 2. The zero-order valence-corrected chi connectivity index (χ0v) is 16.3. The van der Waals surface area contributed by atoms with E-state index in [-0.39, 0.29) is 5.91 Å². The summed E-state index contributed by atoms with van der Waals surface area (Å²) >= 11 is 1.63. The minimum atomic E-state index is 0.0433. The van der Waals surface area contributed by atoms with E-state index in [1.54, 1.807) is 11.3 Å². The van der Waals surface area contributed by atoms with Crippen LogP contribution in [0.5, 0.6) is 0 Å². The molecule has 1 aliphatic rings. The normalized spacial score (nSPS) is 17.4. The van der Waals surface area contributed by atoms with Crippen molar-refractivity contribution in [3.05, 3.63) is 64.5 Å². The van der Waals surface area contributed by atoms with Gasteiger partial charge in [-0.25, -0.2) is 0 Å². The predicted molar refractivity (Wildman–Crippen MR) is 109 cm³/mol. The molecule has 1 aromatic carbocycles. The summed E-state index contributed by atoms with van der Waals surface area (Å²) in [6.45, 7) is 2.47. The fourth-order valence-electron chi connectivity index (χ4n) is 3.66. The van der Waals surface area contributed by atoms with Crippen LogP contribution in [0.15, 0.2) is 53.2 Å². The number of rotatable bonds is 5. The van der Waals surface area contributed by atoms with Crippen molar-refractivity contribution in [1.82, 2.24) is 20.0 Å². The zero-order chi connectivity index (χ0) is 18.6. The molecular weight excluding hydrogens is 356 g/mol. The Kier molecular flexibility index (Phi) is 5.36. The Morgan fingerprint density at radius 1 is 1.33 bits per heavy atom. The van der Waals surface area contributed by atoms with Crippen LogP contribution in [-0.2, 0) is 6.54 Å². The summed E-state index contributed by atoms with van der Waals surface area (Å²) in [5.41, 5.74) is 3.75. The van der Waals surface area contributed by atoms with Crippen molar-refractivity contribution in [2.45, 2.75) is 25.4 Å². The molecule has 1 atom stereocenters. The van der Waals surface area contributed by atoms with Gasteiger partial charge in [-0.3, -0.25) is 14.8 Å². The predicted octanol–water partition coefficient (Wildman–Crippen LogP) is 3.87. The summed E-state index contributed by atoms with van der Waals surface area (Å²) in [5.74, 6) is 0.0433. The van der Waals surface area contributed by atoms with Crippen molar-refractivity contribution in [3.63, 3.8) is 0 Å². The number of piperidine rings is 1. The standard InChI is InChI=1S/C21H24N4OS/c1-24(13-16-6-3-2-4-7-16)18-8-5-10-25(14-18)21(26)20-12-19(22-23-20)17-9-11-27-15-17/h2-4,6-7,9,11-12,15,18H,5,8,10,13-14H2,1H3,(H,22,23). The van der Waals surface area contributed by atoms with E-state index in [4.69, 9.17) is 0 Å². The van der Waals surface area contributed by atoms with Crippen molar-refractivity contribution in [2.75, 3.05) is 20.1 Å². The van der Waals surface area contributed by atoms with E-state index in [9.17, 15) is 4.79 Å². The molecule has 3 aromatic rings. The first-order valence-corrected chi connectivity index (χ1v) is 10.3. The van der Waals surface area contributed by atoms with Crippen molar-refractivity contribution < 1.29 is 4.79 Å². The first-order valence-electron chi connectivity index (χ1n) is 9.32. The van der Waals surface area contributed by atoms with E-state index >= 15 is 0 Å². The molecule has 1 fully saturated rings. The molecular formula is C21H24N4OS. The number of benzene rings is 1. The number of nitrogens with zero attached hydrogens (tertiary/aromatic N) is 3. The first kappa shape index (κ1) is 17.9. The number of thiophene rings is 1. The van der Waals surface area contributed by atoms with Crippen molar-refractivity contribution in [2.24, 2.45) is 0 Å². The van der Waals surface area contributed by atoms with Gasteiger partial charge in [-0.15, -0.1) is 0 Å². The Bertz CT molecular complexity index is 875. The minimum Gasteiger partial charge on any atom is -0.336 e. The molecule has 27 heavy (non-hydrogen) atoms. The van der Waals surface area contributed by atoms with Gasteiger partial charge >= 0.3 is 0 Å². The summed E-state index contributed by atoms with van der Waals surface area (Å²) in [4.78, 5) is 17.3. The van der Waals surface area contributed by atoms with E-state index < -0.39 is 0 Å². The number of likely N-dealkylation sites (tertiary alicyclic amines) is 1. The molecule has 140 valence electrons. The second kappa shape index (κ2) is 8.06. The van der Waals surface area contributed by atoms with Crippen LogP contribution in [-0.4, -0.2) is 52.1 Å². The highest BCUT2D eigenvalue weighted by Gasteiger charge is 2.27. The molecule has 1 aliphatic heterocycles. The fourth-order valence-corrected chi connectivity index (χ4v) is 4.31. The lowest BCUT2D eigenvalue weighted by Crippen LogP contribution is -2.48. The maximum absolute atomic E-state index is 12.9. The van der Waals surface area contributed by atoms with Gasteiger partial charge in [0.2, 0.25) is 0 Å².